The second kappa shape index (κ2) is 7.72. The molecule has 2 heterocycles. The van der Waals surface area contributed by atoms with Crippen LogP contribution < -0.4 is 0 Å². The predicted octanol–water partition coefficient (Wildman–Crippen LogP) is 6.29. The molecule has 0 radical (unpaired) electrons. The molecule has 0 amide bonds. The molecule has 0 atom stereocenters. The number of aryl methyl sites for hydroxylation is 2. The van der Waals surface area contributed by atoms with Gasteiger partial charge in [0.05, 0.1) is 16.3 Å². The summed E-state index contributed by atoms with van der Waals surface area (Å²) < 4.78 is 0. The number of nitro groups is 1. The van der Waals surface area contributed by atoms with Gasteiger partial charge < -0.3 is 4.98 Å². The summed E-state index contributed by atoms with van der Waals surface area (Å²) in [6.07, 6.45) is 1.71. The fourth-order valence-corrected chi connectivity index (χ4v) is 3.95. The third-order valence-corrected chi connectivity index (χ3v) is 5.35. The van der Waals surface area contributed by atoms with Crippen molar-refractivity contribution in [1.29, 1.82) is 0 Å². The minimum Gasteiger partial charge on any atom is -0.337 e. The zero-order valence-corrected chi connectivity index (χ0v) is 17.5. The third kappa shape index (κ3) is 3.46. The van der Waals surface area contributed by atoms with Crippen LogP contribution in [0.15, 0.2) is 54.7 Å². The van der Waals surface area contributed by atoms with Gasteiger partial charge in [-0.1, -0.05) is 29.8 Å². The van der Waals surface area contributed by atoms with E-state index in [0.717, 1.165) is 22.4 Å². The minimum atomic E-state index is -0.337. The van der Waals surface area contributed by atoms with Gasteiger partial charge in [0.2, 0.25) is 0 Å². The minimum absolute atomic E-state index is 0.111. The number of hydrogen-bond donors (Lipinski definition) is 1. The van der Waals surface area contributed by atoms with Crippen molar-refractivity contribution >= 4 is 17.3 Å². The van der Waals surface area contributed by atoms with E-state index >= 15 is 0 Å². The zero-order chi connectivity index (χ0) is 21.4. The van der Waals surface area contributed by atoms with Crippen molar-refractivity contribution < 1.29 is 4.92 Å². The Kier molecular flexibility index (Phi) is 5.10. The van der Waals surface area contributed by atoms with Crippen molar-refractivity contribution in [3.05, 3.63) is 86.6 Å². The van der Waals surface area contributed by atoms with Crippen molar-refractivity contribution in [1.82, 2.24) is 15.0 Å². The molecule has 4 rings (SSSR count). The summed E-state index contributed by atoms with van der Waals surface area (Å²) in [6.45, 7) is 5.45. The standard InChI is InChI=1S/C23H19ClN4O2/c1-13-12-14(2)22(28(29)30)15(3)19(13)23-26-20(16-7-9-17(24)10-8-16)21(27-23)18-6-4-5-11-25-18/h4-12H,1-3H3,(H,26,27). The Morgan fingerprint density at radius 1 is 1.03 bits per heavy atom. The number of aromatic amines is 1. The van der Waals surface area contributed by atoms with Crippen molar-refractivity contribution in [2.75, 3.05) is 0 Å². The molecule has 7 heteroatoms. The summed E-state index contributed by atoms with van der Waals surface area (Å²) in [7, 11) is 0. The molecule has 150 valence electrons. The highest BCUT2D eigenvalue weighted by Crippen LogP contribution is 2.38. The van der Waals surface area contributed by atoms with Gasteiger partial charge in [-0.3, -0.25) is 15.1 Å². The highest BCUT2D eigenvalue weighted by atomic mass is 35.5. The zero-order valence-electron chi connectivity index (χ0n) is 16.7. The van der Waals surface area contributed by atoms with E-state index in [2.05, 4.69) is 9.97 Å². The molecule has 4 aromatic rings. The van der Waals surface area contributed by atoms with E-state index in [9.17, 15) is 10.1 Å². The van der Waals surface area contributed by atoms with Crippen LogP contribution in [0.1, 0.15) is 16.7 Å². The first-order chi connectivity index (χ1) is 14.4. The molecule has 2 aromatic carbocycles. The highest BCUT2D eigenvalue weighted by molar-refractivity contribution is 6.30. The fraction of sp³-hybridized carbons (Fsp3) is 0.130. The van der Waals surface area contributed by atoms with Gasteiger partial charge in [-0.2, -0.15) is 0 Å². The average Bonchev–Trinajstić information content (AvgIpc) is 3.13. The Bertz CT molecular complexity index is 1250. The first-order valence-electron chi connectivity index (χ1n) is 9.39. The van der Waals surface area contributed by atoms with Crippen LogP contribution in [0.3, 0.4) is 0 Å². The smallest absolute Gasteiger partial charge is 0.275 e. The number of hydrogen-bond acceptors (Lipinski definition) is 4. The normalized spacial score (nSPS) is 10.9. The van der Waals surface area contributed by atoms with Crippen molar-refractivity contribution in [2.24, 2.45) is 0 Å². The van der Waals surface area contributed by atoms with Crippen LogP contribution in [-0.4, -0.2) is 19.9 Å². The fourth-order valence-electron chi connectivity index (χ4n) is 3.83. The van der Waals surface area contributed by atoms with E-state index in [0.29, 0.717) is 33.4 Å². The van der Waals surface area contributed by atoms with Crippen LogP contribution in [0, 0.1) is 30.9 Å². The van der Waals surface area contributed by atoms with Gasteiger partial charge in [-0.05, 0) is 56.7 Å². The van der Waals surface area contributed by atoms with Gasteiger partial charge in [-0.25, -0.2) is 4.98 Å². The topological polar surface area (TPSA) is 84.7 Å². The number of rotatable bonds is 4. The second-order valence-corrected chi connectivity index (χ2v) is 7.58. The van der Waals surface area contributed by atoms with Gasteiger partial charge in [0.15, 0.2) is 0 Å². The van der Waals surface area contributed by atoms with Gasteiger partial charge in [0, 0.05) is 33.5 Å². The van der Waals surface area contributed by atoms with Crippen molar-refractivity contribution in [3.8, 4) is 34.0 Å². The van der Waals surface area contributed by atoms with E-state index in [1.165, 1.54) is 0 Å². The van der Waals surface area contributed by atoms with E-state index in [-0.39, 0.29) is 10.6 Å². The molecule has 0 saturated carbocycles. The average molecular weight is 419 g/mol. The maximum atomic E-state index is 11.6. The Hall–Kier alpha value is -3.51. The van der Waals surface area contributed by atoms with Crippen LogP contribution in [0.2, 0.25) is 5.02 Å². The van der Waals surface area contributed by atoms with E-state index in [1.54, 1.807) is 20.0 Å². The van der Waals surface area contributed by atoms with Crippen LogP contribution in [0.25, 0.3) is 34.0 Å². The maximum Gasteiger partial charge on any atom is 0.275 e. The number of benzene rings is 2. The Balaban J connectivity index is 1.99. The molecule has 6 nitrogen and oxygen atoms in total. The molecule has 0 aliphatic carbocycles. The predicted molar refractivity (Wildman–Crippen MR) is 119 cm³/mol. The number of nitro benzene ring substituents is 1. The summed E-state index contributed by atoms with van der Waals surface area (Å²) >= 11 is 6.06. The molecule has 0 aliphatic heterocycles. The summed E-state index contributed by atoms with van der Waals surface area (Å²) in [5.41, 5.74) is 6.04. The number of pyridine rings is 1. The number of aromatic nitrogens is 3. The Morgan fingerprint density at radius 3 is 2.40 bits per heavy atom. The molecular formula is C23H19ClN4O2. The molecule has 0 unspecified atom stereocenters. The quantitative estimate of drug-likeness (QED) is 0.311. The monoisotopic (exact) mass is 418 g/mol. The van der Waals surface area contributed by atoms with Crippen LogP contribution in [0.4, 0.5) is 5.69 Å². The Labute approximate surface area is 178 Å². The maximum absolute atomic E-state index is 11.6. The van der Waals surface area contributed by atoms with E-state index < -0.39 is 0 Å². The second-order valence-electron chi connectivity index (χ2n) is 7.15. The van der Waals surface area contributed by atoms with Gasteiger partial charge in [0.25, 0.3) is 5.69 Å². The number of nitrogens with one attached hydrogen (secondary N) is 1. The molecule has 2 aromatic heterocycles. The number of nitrogens with zero attached hydrogens (tertiary/aromatic N) is 3. The molecule has 0 aliphatic rings. The van der Waals surface area contributed by atoms with Crippen LogP contribution >= 0.6 is 11.6 Å². The highest BCUT2D eigenvalue weighted by Gasteiger charge is 2.24. The molecule has 0 saturated heterocycles. The number of imidazole rings is 1. The van der Waals surface area contributed by atoms with Crippen LogP contribution in [-0.2, 0) is 0 Å². The lowest BCUT2D eigenvalue weighted by molar-refractivity contribution is -0.386. The number of halogens is 1. The lowest BCUT2D eigenvalue weighted by atomic mass is 9.97. The largest absolute Gasteiger partial charge is 0.337 e. The first-order valence-corrected chi connectivity index (χ1v) is 9.77. The van der Waals surface area contributed by atoms with E-state index in [4.69, 9.17) is 16.6 Å². The summed E-state index contributed by atoms with van der Waals surface area (Å²) in [6, 6.07) is 14.9. The molecule has 0 fully saturated rings. The van der Waals surface area contributed by atoms with Gasteiger partial charge in [0.1, 0.15) is 11.5 Å². The van der Waals surface area contributed by atoms with Gasteiger partial charge >= 0.3 is 0 Å². The molecular weight excluding hydrogens is 400 g/mol. The lowest BCUT2D eigenvalue weighted by Crippen LogP contribution is -2.00. The molecule has 0 bridgehead atoms. The molecule has 30 heavy (non-hydrogen) atoms. The summed E-state index contributed by atoms with van der Waals surface area (Å²) in [5.74, 6) is 0.568. The summed E-state index contributed by atoms with van der Waals surface area (Å²) in [4.78, 5) is 24.0. The third-order valence-electron chi connectivity index (χ3n) is 5.09. The van der Waals surface area contributed by atoms with Crippen molar-refractivity contribution in [3.63, 3.8) is 0 Å². The lowest BCUT2D eigenvalue weighted by Gasteiger charge is -2.10. The summed E-state index contributed by atoms with van der Waals surface area (Å²) in [5, 5.41) is 12.3. The van der Waals surface area contributed by atoms with Crippen LogP contribution in [0.5, 0.6) is 0 Å². The molecule has 1 N–H and O–H groups in total. The molecule has 0 spiro atoms. The number of H-pyrrole nitrogens is 1. The van der Waals surface area contributed by atoms with E-state index in [1.807, 2.05) is 55.5 Å². The Morgan fingerprint density at radius 2 is 1.77 bits per heavy atom. The first kappa shape index (κ1) is 19.8. The van der Waals surface area contributed by atoms with Gasteiger partial charge in [-0.15, -0.1) is 0 Å². The van der Waals surface area contributed by atoms with Crippen molar-refractivity contribution in [2.45, 2.75) is 20.8 Å². The SMILES string of the molecule is Cc1cc(C)c([N+](=O)[O-])c(C)c1-c1nc(-c2ccccn2)c(-c2ccc(Cl)cc2)[nH]1.